The molecule has 4 amide bonds. The van der Waals surface area contributed by atoms with Crippen LogP contribution < -0.4 is 20.1 Å². The lowest BCUT2D eigenvalue weighted by molar-refractivity contribution is -0.141. The average molecular weight is 776 g/mol. The van der Waals surface area contributed by atoms with Crippen molar-refractivity contribution < 1.29 is 37.1 Å². The van der Waals surface area contributed by atoms with E-state index in [1.807, 2.05) is 30.4 Å². The minimum Gasteiger partial charge on any atom is -0.483 e. The molecular formula is C41H53N5O8S. The number of carbonyl (C=O) groups is 4. The number of rotatable bonds is 5. The van der Waals surface area contributed by atoms with E-state index in [9.17, 15) is 27.6 Å². The van der Waals surface area contributed by atoms with Crippen molar-refractivity contribution >= 4 is 44.7 Å². The van der Waals surface area contributed by atoms with Gasteiger partial charge in [0.2, 0.25) is 21.8 Å². The van der Waals surface area contributed by atoms with E-state index in [-0.39, 0.29) is 25.3 Å². The van der Waals surface area contributed by atoms with Gasteiger partial charge in [0, 0.05) is 29.2 Å². The molecule has 3 aliphatic carbocycles. The monoisotopic (exact) mass is 775 g/mol. The average Bonchev–Trinajstić information content (AvgIpc) is 4.05. The molecule has 4 fully saturated rings. The van der Waals surface area contributed by atoms with E-state index in [4.69, 9.17) is 14.5 Å². The summed E-state index contributed by atoms with van der Waals surface area (Å²) in [7, 11) is -3.98. The van der Waals surface area contributed by atoms with Crippen molar-refractivity contribution in [2.75, 3.05) is 6.54 Å². The van der Waals surface area contributed by atoms with E-state index in [1.54, 1.807) is 27.7 Å². The van der Waals surface area contributed by atoms with E-state index in [0.29, 0.717) is 44.9 Å². The predicted molar refractivity (Wildman–Crippen MR) is 205 cm³/mol. The van der Waals surface area contributed by atoms with Gasteiger partial charge in [0.1, 0.15) is 34.6 Å². The van der Waals surface area contributed by atoms with Crippen LogP contribution in [0.15, 0.2) is 36.4 Å². The van der Waals surface area contributed by atoms with E-state index in [1.165, 1.54) is 4.90 Å². The Bertz CT molecular complexity index is 2070. The molecule has 3 aliphatic heterocycles. The number of aromatic nitrogens is 1. The second-order valence-electron chi connectivity index (χ2n) is 18.0. The first kappa shape index (κ1) is 37.7. The van der Waals surface area contributed by atoms with Gasteiger partial charge in [-0.25, -0.2) is 18.2 Å². The molecule has 55 heavy (non-hydrogen) atoms. The van der Waals surface area contributed by atoms with Crippen LogP contribution in [0, 0.1) is 5.92 Å². The molecule has 0 bridgehead atoms. The zero-order valence-electron chi connectivity index (χ0n) is 32.2. The van der Waals surface area contributed by atoms with Crippen molar-refractivity contribution in [2.24, 2.45) is 5.92 Å². The zero-order valence-corrected chi connectivity index (χ0v) is 33.1. The van der Waals surface area contributed by atoms with Crippen molar-refractivity contribution in [1.29, 1.82) is 0 Å². The van der Waals surface area contributed by atoms with Crippen LogP contribution >= 0.6 is 0 Å². The SMILES string of the molecule is CC(C)(C)OC(=O)N[C@H]1CCCCC/C=C\[C@@H]2C[C@@]2(C(=O)NS(=O)(=O)C2(C)CC2)NC(=O)[C@@H]2C[C@]3(CCc4c(c(C5CC5)nc5ccccc45)O3)CN2C1=O. The standard InChI is InChI=1S/C41H53N5O8S/c1-38(2,3)54-37(50)43-30-15-9-7-5-6-8-12-26-22-41(26,36(49)45-55(51,52)39(4)20-21-39)44-34(47)31-23-40(24-46(31)35(30)48)19-18-28-27-13-10-11-14-29(27)42-32(25-16-17-25)33(28)53-40/h8,10-14,25-26,30-31H,5-7,9,15-24H2,1-4H3,(H,43,50)(H,44,47)(H,45,49)/b12-8-/t26-,30+,31+,40-,41-/m1/s1. The third-order valence-corrected chi connectivity index (χ3v) is 14.6. The number of amides is 4. The van der Waals surface area contributed by atoms with Crippen molar-refractivity contribution in [3.8, 4) is 5.75 Å². The van der Waals surface area contributed by atoms with Gasteiger partial charge in [0.25, 0.3) is 5.91 Å². The lowest BCUT2D eigenvalue weighted by Crippen LogP contribution is -2.58. The molecule has 0 unspecified atom stereocenters. The van der Waals surface area contributed by atoms with E-state index in [2.05, 4.69) is 21.4 Å². The summed E-state index contributed by atoms with van der Waals surface area (Å²) >= 11 is 0. The van der Waals surface area contributed by atoms with Crippen LogP contribution in [0.3, 0.4) is 0 Å². The van der Waals surface area contributed by atoms with Crippen LogP contribution in [-0.4, -0.2) is 82.2 Å². The van der Waals surface area contributed by atoms with Gasteiger partial charge in [-0.15, -0.1) is 0 Å². The number of pyridine rings is 1. The van der Waals surface area contributed by atoms with Crippen molar-refractivity contribution in [2.45, 2.75) is 151 Å². The summed E-state index contributed by atoms with van der Waals surface area (Å²) in [6.07, 6.45) is 10.9. The number of para-hydroxylation sites is 1. The molecule has 6 aliphatic rings. The van der Waals surface area contributed by atoms with Crippen LogP contribution in [0.2, 0.25) is 0 Å². The maximum atomic E-state index is 14.8. The molecule has 5 atom stereocenters. The predicted octanol–water partition coefficient (Wildman–Crippen LogP) is 5.06. The number of benzene rings is 1. The molecule has 1 aromatic carbocycles. The molecule has 14 heteroatoms. The number of allylic oxidation sites excluding steroid dienone is 1. The van der Waals surface area contributed by atoms with Crippen LogP contribution in [0.5, 0.6) is 5.75 Å². The highest BCUT2D eigenvalue weighted by molar-refractivity contribution is 7.91. The smallest absolute Gasteiger partial charge is 0.408 e. The maximum Gasteiger partial charge on any atom is 0.408 e. The van der Waals surface area contributed by atoms with Gasteiger partial charge in [-0.2, -0.15) is 0 Å². The number of nitrogens with one attached hydrogen (secondary N) is 3. The Balaban J connectivity index is 1.14. The Labute approximate surface area is 322 Å². The minimum atomic E-state index is -3.98. The number of hydrogen-bond acceptors (Lipinski definition) is 9. The molecule has 2 aromatic rings. The Morgan fingerprint density at radius 3 is 2.53 bits per heavy atom. The summed E-state index contributed by atoms with van der Waals surface area (Å²) in [5.41, 5.74) is -0.320. The third-order valence-electron chi connectivity index (χ3n) is 12.4. The lowest BCUT2D eigenvalue weighted by Gasteiger charge is -2.37. The molecule has 13 nitrogen and oxygen atoms in total. The number of hydrogen-bond donors (Lipinski definition) is 3. The van der Waals surface area contributed by atoms with Crippen molar-refractivity contribution in [1.82, 2.24) is 25.2 Å². The molecule has 8 rings (SSSR count). The fourth-order valence-corrected chi connectivity index (χ4v) is 9.90. The molecule has 1 aromatic heterocycles. The van der Waals surface area contributed by atoms with Gasteiger partial charge in [-0.05, 0) is 98.0 Å². The number of ether oxygens (including phenoxy) is 2. The quantitative estimate of drug-likeness (QED) is 0.351. The number of sulfonamides is 1. The molecule has 0 radical (unpaired) electrons. The molecule has 1 spiro atoms. The Kier molecular flexibility index (Phi) is 9.24. The zero-order chi connectivity index (χ0) is 39.0. The first-order valence-corrected chi connectivity index (χ1v) is 21.5. The first-order valence-electron chi connectivity index (χ1n) is 20.0. The minimum absolute atomic E-state index is 0.0854. The van der Waals surface area contributed by atoms with Gasteiger partial charge in [-0.1, -0.05) is 43.2 Å². The summed E-state index contributed by atoms with van der Waals surface area (Å²) in [6, 6.07) is 6.00. The van der Waals surface area contributed by atoms with Gasteiger partial charge in [-0.3, -0.25) is 19.1 Å². The maximum absolute atomic E-state index is 14.8. The van der Waals surface area contributed by atoms with Crippen LogP contribution in [0.25, 0.3) is 10.9 Å². The summed E-state index contributed by atoms with van der Waals surface area (Å²) in [5.74, 6) is -1.17. The highest BCUT2D eigenvalue weighted by Crippen LogP contribution is 2.52. The van der Waals surface area contributed by atoms with Crippen molar-refractivity contribution in [3.63, 3.8) is 0 Å². The number of aryl methyl sites for hydroxylation is 1. The van der Waals surface area contributed by atoms with Gasteiger partial charge in [0.15, 0.2) is 0 Å². The highest BCUT2D eigenvalue weighted by Gasteiger charge is 2.64. The molecule has 4 heterocycles. The summed E-state index contributed by atoms with van der Waals surface area (Å²) in [5, 5.41) is 6.81. The Hall–Kier alpha value is -4.20. The first-order chi connectivity index (χ1) is 26.0. The van der Waals surface area contributed by atoms with E-state index >= 15 is 0 Å². The van der Waals surface area contributed by atoms with Gasteiger partial charge in [0.05, 0.1) is 22.5 Å². The molecule has 1 saturated heterocycles. The summed E-state index contributed by atoms with van der Waals surface area (Å²) in [4.78, 5) is 63.2. The fraction of sp³-hybridized carbons (Fsp3) is 0.634. The Morgan fingerprint density at radius 2 is 1.80 bits per heavy atom. The van der Waals surface area contributed by atoms with Gasteiger partial charge >= 0.3 is 6.09 Å². The second kappa shape index (κ2) is 13.5. The largest absolute Gasteiger partial charge is 0.483 e. The lowest BCUT2D eigenvalue weighted by atomic mass is 9.86. The normalized spacial score (nSPS) is 31.1. The van der Waals surface area contributed by atoms with Crippen LogP contribution in [0.1, 0.15) is 122 Å². The fourth-order valence-electron chi connectivity index (χ4n) is 8.59. The second-order valence-corrected chi connectivity index (χ2v) is 20.2. The Morgan fingerprint density at radius 1 is 1.04 bits per heavy atom. The molecule has 3 N–H and O–H groups in total. The van der Waals surface area contributed by atoms with Crippen LogP contribution in [-0.2, 0) is 35.6 Å². The summed E-state index contributed by atoms with van der Waals surface area (Å²) < 4.78 is 40.4. The highest BCUT2D eigenvalue weighted by atomic mass is 32.2. The van der Waals surface area contributed by atoms with Gasteiger partial charge < -0.3 is 25.0 Å². The van der Waals surface area contributed by atoms with E-state index < -0.39 is 73.3 Å². The summed E-state index contributed by atoms with van der Waals surface area (Å²) in [6.45, 7) is 6.95. The number of nitrogens with zero attached hydrogens (tertiary/aromatic N) is 2. The third kappa shape index (κ3) is 7.31. The van der Waals surface area contributed by atoms with E-state index in [0.717, 1.165) is 53.6 Å². The topological polar surface area (TPSA) is 173 Å². The molecular weight excluding hydrogens is 723 g/mol. The number of alkyl carbamates (subject to hydrolysis) is 1. The number of fused-ring (bicyclic) bond motifs is 5. The van der Waals surface area contributed by atoms with Crippen molar-refractivity contribution in [3.05, 3.63) is 47.7 Å². The van der Waals surface area contributed by atoms with Crippen LogP contribution in [0.4, 0.5) is 4.79 Å². The molecule has 296 valence electrons. The number of carbonyl (C=O) groups excluding carboxylic acids is 4. The molecule has 3 saturated carbocycles.